The molecule has 48 heavy (non-hydrogen) atoms. The summed E-state index contributed by atoms with van der Waals surface area (Å²) in [7, 11) is 1.79. The van der Waals surface area contributed by atoms with Crippen molar-refractivity contribution >= 4 is 45.2 Å². The first-order chi connectivity index (χ1) is 23.4. The average Bonchev–Trinajstić information content (AvgIpc) is 3.46. The van der Waals surface area contributed by atoms with Crippen LogP contribution in [0.2, 0.25) is 0 Å². The van der Waals surface area contributed by atoms with Gasteiger partial charge < -0.3 is 20.4 Å². The zero-order valence-corrected chi connectivity index (χ0v) is 28.2. The molecule has 0 spiro atoms. The van der Waals surface area contributed by atoms with Crippen LogP contribution < -0.4 is 21.5 Å². The molecule has 1 amide bonds. The van der Waals surface area contributed by atoms with Gasteiger partial charge in [-0.3, -0.25) is 19.1 Å². The van der Waals surface area contributed by atoms with Crippen LogP contribution in [0.3, 0.4) is 0 Å². The van der Waals surface area contributed by atoms with Crippen LogP contribution >= 0.6 is 0 Å². The van der Waals surface area contributed by atoms with Crippen LogP contribution in [-0.4, -0.2) is 34.0 Å². The maximum atomic E-state index is 14.0. The van der Waals surface area contributed by atoms with Gasteiger partial charge in [0.15, 0.2) is 0 Å². The number of carbonyl (C=O) groups is 1. The number of fused-ring (bicyclic) bond motifs is 3. The third-order valence-electron chi connectivity index (χ3n) is 8.02. The molecule has 0 aliphatic carbocycles. The lowest BCUT2D eigenvalue weighted by Gasteiger charge is -2.16. The average molecular weight is 645 g/mol. The molecule has 2 aromatic carbocycles. The highest BCUT2D eigenvalue weighted by Gasteiger charge is 2.16. The van der Waals surface area contributed by atoms with Gasteiger partial charge in [-0.2, -0.15) is 0 Å². The minimum absolute atomic E-state index is 0.187. The van der Waals surface area contributed by atoms with Crippen molar-refractivity contribution in [2.75, 3.05) is 18.9 Å². The van der Waals surface area contributed by atoms with Gasteiger partial charge in [0.1, 0.15) is 29.2 Å². The van der Waals surface area contributed by atoms with E-state index in [4.69, 9.17) is 9.40 Å². The molecule has 0 fully saturated rings. The van der Waals surface area contributed by atoms with E-state index in [0.717, 1.165) is 64.3 Å². The Morgan fingerprint density at radius 1 is 1.02 bits per heavy atom. The largest absolute Gasteiger partial charge is 0.456 e. The third-order valence-corrected chi connectivity index (χ3v) is 8.02. The summed E-state index contributed by atoms with van der Waals surface area (Å²) in [5.74, 6) is 0.115. The molecule has 3 heterocycles. The standard InChI is InChI=1S/C39H44N6O3/c1-5-7-8-12-30(23-40-4)38-44-25-34(42-22-28-15-16-36-33(20-28)32-13-9-10-14-35(32)48-36)39(47)45(38)26-37(46)43-21-27(3)19-31-24-41-18-17-29(31)11-6-2/h8-10,12-20,23-25,40,42H,5-7,11,21-22,26H2,1-4H3,(H,43,46)/b12-8-,27-19+,30-23+. The summed E-state index contributed by atoms with van der Waals surface area (Å²) in [6.45, 7) is 6.78. The summed E-state index contributed by atoms with van der Waals surface area (Å²) in [5, 5.41) is 11.4. The van der Waals surface area contributed by atoms with E-state index in [0.29, 0.717) is 30.2 Å². The molecule has 0 unspecified atom stereocenters. The summed E-state index contributed by atoms with van der Waals surface area (Å²) in [6.07, 6.45) is 16.9. The Bertz CT molecular complexity index is 2040. The first kappa shape index (κ1) is 33.9. The first-order valence-corrected chi connectivity index (χ1v) is 16.6. The van der Waals surface area contributed by atoms with Crippen LogP contribution in [0.1, 0.15) is 62.5 Å². The molecule has 3 aromatic heterocycles. The summed E-state index contributed by atoms with van der Waals surface area (Å²) in [4.78, 5) is 36.3. The summed E-state index contributed by atoms with van der Waals surface area (Å²) in [6, 6.07) is 16.0. The minimum atomic E-state index is -0.331. The van der Waals surface area contributed by atoms with E-state index < -0.39 is 0 Å². The van der Waals surface area contributed by atoms with Gasteiger partial charge in [-0.15, -0.1) is 0 Å². The van der Waals surface area contributed by atoms with Crippen LogP contribution in [0.5, 0.6) is 0 Å². The molecule has 0 bridgehead atoms. The van der Waals surface area contributed by atoms with Crippen molar-refractivity contribution in [3.05, 3.63) is 124 Å². The molecule has 0 atom stereocenters. The quantitative estimate of drug-likeness (QED) is 0.103. The lowest BCUT2D eigenvalue weighted by atomic mass is 10.0. The van der Waals surface area contributed by atoms with Crippen LogP contribution in [0.25, 0.3) is 33.6 Å². The Kier molecular flexibility index (Phi) is 11.6. The van der Waals surface area contributed by atoms with Gasteiger partial charge in [-0.1, -0.05) is 74.8 Å². The number of benzene rings is 2. The smallest absolute Gasteiger partial charge is 0.277 e. The highest BCUT2D eigenvalue weighted by atomic mass is 16.3. The number of hydrogen-bond donors (Lipinski definition) is 3. The van der Waals surface area contributed by atoms with Crippen molar-refractivity contribution in [1.29, 1.82) is 0 Å². The van der Waals surface area contributed by atoms with Crippen molar-refractivity contribution in [3.63, 3.8) is 0 Å². The molecular weight excluding hydrogens is 600 g/mol. The van der Waals surface area contributed by atoms with E-state index in [-0.39, 0.29) is 18.0 Å². The number of nitrogens with one attached hydrogen (secondary N) is 3. The molecule has 3 N–H and O–H groups in total. The minimum Gasteiger partial charge on any atom is -0.456 e. The number of hydrogen-bond acceptors (Lipinski definition) is 7. The van der Waals surface area contributed by atoms with Gasteiger partial charge in [-0.05, 0) is 60.7 Å². The Balaban J connectivity index is 1.39. The second-order valence-corrected chi connectivity index (χ2v) is 11.8. The predicted octanol–water partition coefficient (Wildman–Crippen LogP) is 7.24. The van der Waals surface area contributed by atoms with E-state index in [1.165, 1.54) is 10.1 Å². The molecule has 0 aliphatic rings. The number of allylic oxidation sites excluding steroid dienone is 3. The van der Waals surface area contributed by atoms with Crippen molar-refractivity contribution in [2.45, 2.75) is 59.5 Å². The number of aryl methyl sites for hydroxylation is 1. The van der Waals surface area contributed by atoms with Crippen LogP contribution in [0.15, 0.2) is 100 Å². The zero-order valence-electron chi connectivity index (χ0n) is 28.2. The van der Waals surface area contributed by atoms with E-state index in [2.05, 4.69) is 46.9 Å². The number of unbranched alkanes of at least 4 members (excludes halogenated alkanes) is 1. The third kappa shape index (κ3) is 8.28. The van der Waals surface area contributed by atoms with E-state index in [1.54, 1.807) is 25.6 Å². The van der Waals surface area contributed by atoms with Gasteiger partial charge in [0.2, 0.25) is 5.91 Å². The molecular formula is C39H44N6O3. The molecule has 248 valence electrons. The lowest BCUT2D eigenvalue weighted by molar-refractivity contribution is -0.121. The number of rotatable bonds is 15. The van der Waals surface area contributed by atoms with Crippen LogP contribution in [0.4, 0.5) is 5.69 Å². The van der Waals surface area contributed by atoms with Crippen molar-refractivity contribution < 1.29 is 9.21 Å². The number of anilines is 1. The molecule has 0 aliphatic heterocycles. The SMILES string of the molecule is CCC/C=C\C(=C/NC)c1ncc(NCc2ccc3oc4ccccc4c3c2)c(=O)n1CC(=O)NC/C(C)=C/c1cnccc1CCC. The monoisotopic (exact) mass is 644 g/mol. The highest BCUT2D eigenvalue weighted by molar-refractivity contribution is 6.05. The van der Waals surface area contributed by atoms with Crippen LogP contribution in [0, 0.1) is 0 Å². The number of aromatic nitrogens is 3. The van der Waals surface area contributed by atoms with Gasteiger partial charge in [0.05, 0.1) is 6.20 Å². The number of amides is 1. The zero-order chi connectivity index (χ0) is 33.9. The maximum absolute atomic E-state index is 14.0. The number of nitrogens with zero attached hydrogens (tertiary/aromatic N) is 3. The van der Waals surface area contributed by atoms with Crippen molar-refractivity contribution in [2.24, 2.45) is 0 Å². The lowest BCUT2D eigenvalue weighted by Crippen LogP contribution is -2.36. The number of para-hydroxylation sites is 1. The maximum Gasteiger partial charge on any atom is 0.277 e. The van der Waals surface area contributed by atoms with E-state index in [1.807, 2.05) is 67.7 Å². The van der Waals surface area contributed by atoms with Crippen molar-refractivity contribution in [1.82, 2.24) is 25.2 Å². The Labute approximate surface area is 281 Å². The second-order valence-electron chi connectivity index (χ2n) is 11.8. The summed E-state index contributed by atoms with van der Waals surface area (Å²) < 4.78 is 7.40. The van der Waals surface area contributed by atoms with Gasteiger partial charge in [0.25, 0.3) is 5.56 Å². The number of furan rings is 1. The second kappa shape index (κ2) is 16.4. The summed E-state index contributed by atoms with van der Waals surface area (Å²) in [5.41, 5.74) is 6.57. The fourth-order valence-corrected chi connectivity index (χ4v) is 5.61. The molecule has 5 aromatic rings. The Hall–Kier alpha value is -5.44. The van der Waals surface area contributed by atoms with E-state index in [9.17, 15) is 9.59 Å². The molecule has 0 radical (unpaired) electrons. The van der Waals surface area contributed by atoms with Crippen LogP contribution in [-0.2, 0) is 24.3 Å². The fourth-order valence-electron chi connectivity index (χ4n) is 5.61. The number of pyridine rings is 1. The molecule has 0 saturated heterocycles. The Morgan fingerprint density at radius 3 is 2.67 bits per heavy atom. The van der Waals surface area contributed by atoms with Gasteiger partial charge in [-0.25, -0.2) is 4.98 Å². The van der Waals surface area contributed by atoms with Crippen molar-refractivity contribution in [3.8, 4) is 0 Å². The predicted molar refractivity (Wildman–Crippen MR) is 196 cm³/mol. The number of carbonyl (C=O) groups excluding carboxylic acids is 1. The summed E-state index contributed by atoms with van der Waals surface area (Å²) >= 11 is 0. The molecule has 5 rings (SSSR count). The van der Waals surface area contributed by atoms with E-state index >= 15 is 0 Å². The molecule has 0 saturated carbocycles. The molecule has 9 nitrogen and oxygen atoms in total. The Morgan fingerprint density at radius 2 is 1.85 bits per heavy atom. The topological polar surface area (TPSA) is 114 Å². The van der Waals surface area contributed by atoms with Gasteiger partial charge >= 0.3 is 0 Å². The molecule has 9 heteroatoms. The normalized spacial score (nSPS) is 12.2. The van der Waals surface area contributed by atoms with Gasteiger partial charge in [0, 0.05) is 55.1 Å². The fraction of sp³-hybridized carbons (Fsp3) is 0.282. The highest BCUT2D eigenvalue weighted by Crippen LogP contribution is 2.29. The first-order valence-electron chi connectivity index (χ1n) is 16.6.